The number of anilines is 1. The first-order valence-electron chi connectivity index (χ1n) is 9.37. The van der Waals surface area contributed by atoms with E-state index in [4.69, 9.17) is 0 Å². The highest BCUT2D eigenvalue weighted by Gasteiger charge is 2.50. The van der Waals surface area contributed by atoms with Crippen LogP contribution in [0.1, 0.15) is 43.7 Å². The maximum atomic E-state index is 12.7. The summed E-state index contributed by atoms with van der Waals surface area (Å²) in [4.78, 5) is 24.4. The molecule has 3 rings (SSSR count). The molecule has 0 atom stereocenters. The van der Waals surface area contributed by atoms with E-state index in [-0.39, 0.29) is 17.2 Å². The maximum Gasteiger partial charge on any atom is 0.230 e. The van der Waals surface area contributed by atoms with Crippen LogP contribution in [-0.2, 0) is 21.4 Å². The summed E-state index contributed by atoms with van der Waals surface area (Å²) >= 11 is 0. The Kier molecular flexibility index (Phi) is 5.71. The molecule has 0 saturated heterocycles. The Morgan fingerprint density at radius 1 is 1.00 bits per heavy atom. The summed E-state index contributed by atoms with van der Waals surface area (Å²) in [5.74, 6) is 0.135. The zero-order valence-corrected chi connectivity index (χ0v) is 15.3. The fraction of sp³-hybridized carbons (Fsp3) is 0.364. The number of hydrogen-bond acceptors (Lipinski definition) is 2. The van der Waals surface area contributed by atoms with E-state index in [9.17, 15) is 9.59 Å². The highest BCUT2D eigenvalue weighted by molar-refractivity contribution is 5.92. The van der Waals surface area contributed by atoms with Crippen molar-refractivity contribution in [3.05, 3.63) is 65.7 Å². The van der Waals surface area contributed by atoms with Gasteiger partial charge in [-0.15, -0.1) is 0 Å². The van der Waals surface area contributed by atoms with E-state index in [0.29, 0.717) is 13.0 Å². The second kappa shape index (κ2) is 8.17. The highest BCUT2D eigenvalue weighted by Crippen LogP contribution is 2.48. The standard InChI is InChI=1S/C22H26N2O2/c1-2-6-20(25)24-19-11-9-18(10-12-19)22(14-15-22)21(26)23-16-13-17-7-4-3-5-8-17/h3-5,7-12H,2,6,13-16H2,1H3,(H,23,26)(H,24,25). The van der Waals surface area contributed by atoms with Gasteiger partial charge in [-0.25, -0.2) is 0 Å². The first-order chi connectivity index (χ1) is 12.6. The minimum Gasteiger partial charge on any atom is -0.355 e. The molecule has 0 unspecified atom stereocenters. The van der Waals surface area contributed by atoms with E-state index >= 15 is 0 Å². The summed E-state index contributed by atoms with van der Waals surface area (Å²) in [7, 11) is 0. The Labute approximate surface area is 155 Å². The van der Waals surface area contributed by atoms with E-state index < -0.39 is 0 Å². The van der Waals surface area contributed by atoms with Gasteiger partial charge in [-0.1, -0.05) is 49.4 Å². The third-order valence-electron chi connectivity index (χ3n) is 4.93. The SMILES string of the molecule is CCCC(=O)Nc1ccc(C2(C(=O)NCCc3ccccc3)CC2)cc1. The van der Waals surface area contributed by atoms with Crippen molar-refractivity contribution in [2.24, 2.45) is 0 Å². The third-order valence-corrected chi connectivity index (χ3v) is 4.93. The number of amides is 2. The van der Waals surface area contributed by atoms with Gasteiger partial charge >= 0.3 is 0 Å². The van der Waals surface area contributed by atoms with E-state index in [0.717, 1.165) is 36.9 Å². The van der Waals surface area contributed by atoms with Crippen molar-refractivity contribution in [3.8, 4) is 0 Å². The van der Waals surface area contributed by atoms with Gasteiger partial charge < -0.3 is 10.6 Å². The summed E-state index contributed by atoms with van der Waals surface area (Å²) < 4.78 is 0. The smallest absolute Gasteiger partial charge is 0.230 e. The van der Waals surface area contributed by atoms with Crippen LogP contribution in [0.2, 0.25) is 0 Å². The summed E-state index contributed by atoms with van der Waals surface area (Å²) in [5, 5.41) is 5.97. The van der Waals surface area contributed by atoms with Gasteiger partial charge in [0.15, 0.2) is 0 Å². The molecule has 1 saturated carbocycles. The topological polar surface area (TPSA) is 58.2 Å². The first kappa shape index (κ1) is 18.2. The van der Waals surface area contributed by atoms with Crippen LogP contribution in [0, 0.1) is 0 Å². The summed E-state index contributed by atoms with van der Waals surface area (Å²) in [5.41, 5.74) is 2.66. The van der Waals surface area contributed by atoms with Crippen LogP contribution in [-0.4, -0.2) is 18.4 Å². The first-order valence-corrected chi connectivity index (χ1v) is 9.37. The molecule has 0 heterocycles. The molecule has 0 aliphatic heterocycles. The fourth-order valence-electron chi connectivity index (χ4n) is 3.23. The third kappa shape index (κ3) is 4.31. The maximum absolute atomic E-state index is 12.7. The van der Waals surface area contributed by atoms with Crippen molar-refractivity contribution in [1.82, 2.24) is 5.32 Å². The largest absolute Gasteiger partial charge is 0.355 e. The van der Waals surface area contributed by atoms with Gasteiger partial charge in [0, 0.05) is 18.7 Å². The number of benzene rings is 2. The van der Waals surface area contributed by atoms with Crippen LogP contribution >= 0.6 is 0 Å². The molecule has 2 aromatic rings. The molecule has 26 heavy (non-hydrogen) atoms. The van der Waals surface area contributed by atoms with Gasteiger partial charge in [-0.3, -0.25) is 9.59 Å². The molecule has 4 nitrogen and oxygen atoms in total. The average Bonchev–Trinajstić information content (AvgIpc) is 3.45. The quantitative estimate of drug-likeness (QED) is 0.760. The van der Waals surface area contributed by atoms with Crippen molar-refractivity contribution >= 4 is 17.5 Å². The number of rotatable bonds is 8. The molecule has 1 fully saturated rings. The molecule has 1 aliphatic rings. The zero-order chi connectivity index (χ0) is 18.4. The summed E-state index contributed by atoms with van der Waals surface area (Å²) in [6.45, 7) is 2.63. The van der Waals surface area contributed by atoms with Crippen molar-refractivity contribution < 1.29 is 9.59 Å². The summed E-state index contributed by atoms with van der Waals surface area (Å²) in [6, 6.07) is 17.9. The predicted molar refractivity (Wildman–Crippen MR) is 104 cm³/mol. The van der Waals surface area contributed by atoms with Gasteiger partial charge in [0.05, 0.1) is 5.41 Å². The molecule has 2 N–H and O–H groups in total. The summed E-state index contributed by atoms with van der Waals surface area (Å²) in [6.07, 6.45) is 3.95. The molecule has 0 radical (unpaired) electrons. The minimum atomic E-state index is -0.386. The molecular formula is C22H26N2O2. The van der Waals surface area contributed by atoms with Gasteiger partial charge in [0.25, 0.3) is 0 Å². The monoisotopic (exact) mass is 350 g/mol. The van der Waals surface area contributed by atoms with E-state index in [1.807, 2.05) is 49.4 Å². The Bertz CT molecular complexity index is 749. The molecule has 0 bridgehead atoms. The Morgan fingerprint density at radius 3 is 2.31 bits per heavy atom. The van der Waals surface area contributed by atoms with Crippen molar-refractivity contribution in [3.63, 3.8) is 0 Å². The van der Waals surface area contributed by atoms with Crippen molar-refractivity contribution in [1.29, 1.82) is 0 Å². The minimum absolute atomic E-state index is 0.0278. The Hall–Kier alpha value is -2.62. The van der Waals surface area contributed by atoms with Crippen LogP contribution in [0.3, 0.4) is 0 Å². The molecule has 136 valence electrons. The molecular weight excluding hydrogens is 324 g/mol. The molecule has 0 spiro atoms. The van der Waals surface area contributed by atoms with Gasteiger partial charge in [-0.05, 0) is 48.9 Å². The molecule has 2 aromatic carbocycles. The highest BCUT2D eigenvalue weighted by atomic mass is 16.2. The van der Waals surface area contributed by atoms with Crippen molar-refractivity contribution in [2.75, 3.05) is 11.9 Å². The second-order valence-electron chi connectivity index (χ2n) is 6.95. The van der Waals surface area contributed by atoms with Crippen LogP contribution in [0.5, 0.6) is 0 Å². The van der Waals surface area contributed by atoms with Crippen LogP contribution in [0.25, 0.3) is 0 Å². The normalized spacial score (nSPS) is 14.5. The zero-order valence-electron chi connectivity index (χ0n) is 15.3. The Morgan fingerprint density at radius 2 is 1.69 bits per heavy atom. The number of carbonyl (C=O) groups excluding carboxylic acids is 2. The number of hydrogen-bond donors (Lipinski definition) is 2. The fourth-order valence-corrected chi connectivity index (χ4v) is 3.23. The van der Waals surface area contributed by atoms with Crippen LogP contribution < -0.4 is 10.6 Å². The molecule has 0 aromatic heterocycles. The number of carbonyl (C=O) groups is 2. The van der Waals surface area contributed by atoms with Gasteiger partial charge in [0.2, 0.25) is 11.8 Å². The lowest BCUT2D eigenvalue weighted by Gasteiger charge is -2.16. The average molecular weight is 350 g/mol. The lowest BCUT2D eigenvalue weighted by molar-refractivity contribution is -0.123. The van der Waals surface area contributed by atoms with E-state index in [1.54, 1.807) is 0 Å². The molecule has 4 heteroatoms. The predicted octanol–water partition coefficient (Wildman–Crippen LogP) is 3.82. The second-order valence-corrected chi connectivity index (χ2v) is 6.95. The number of nitrogens with one attached hydrogen (secondary N) is 2. The molecule has 1 aliphatic carbocycles. The van der Waals surface area contributed by atoms with Crippen LogP contribution in [0.15, 0.2) is 54.6 Å². The lowest BCUT2D eigenvalue weighted by Crippen LogP contribution is -2.35. The van der Waals surface area contributed by atoms with E-state index in [2.05, 4.69) is 22.8 Å². The van der Waals surface area contributed by atoms with Crippen molar-refractivity contribution in [2.45, 2.75) is 44.4 Å². The van der Waals surface area contributed by atoms with Gasteiger partial charge in [-0.2, -0.15) is 0 Å². The van der Waals surface area contributed by atoms with Gasteiger partial charge in [0.1, 0.15) is 0 Å². The Balaban J connectivity index is 1.56. The van der Waals surface area contributed by atoms with Crippen LogP contribution in [0.4, 0.5) is 5.69 Å². The molecule has 2 amide bonds. The lowest BCUT2D eigenvalue weighted by atomic mass is 9.94. The van der Waals surface area contributed by atoms with E-state index in [1.165, 1.54) is 5.56 Å².